The summed E-state index contributed by atoms with van der Waals surface area (Å²) in [6.45, 7) is 1.85. The molecule has 0 aliphatic carbocycles. The van der Waals surface area contributed by atoms with Crippen molar-refractivity contribution in [2.75, 3.05) is 5.32 Å². The van der Waals surface area contributed by atoms with Gasteiger partial charge in [0.25, 0.3) is 0 Å². The molecular weight excluding hydrogens is 368 g/mol. The second-order valence-corrected chi connectivity index (χ2v) is 6.67. The molecule has 1 amide bonds. The average Bonchev–Trinajstić information content (AvgIpc) is 3.32. The fourth-order valence-corrected chi connectivity index (χ4v) is 3.23. The molecule has 3 aromatic heterocycles. The monoisotopic (exact) mass is 384 g/mol. The van der Waals surface area contributed by atoms with Gasteiger partial charge in [0, 0.05) is 16.6 Å². The number of amides is 1. The van der Waals surface area contributed by atoms with Crippen LogP contribution >= 0.6 is 0 Å². The van der Waals surface area contributed by atoms with E-state index in [1.54, 1.807) is 4.52 Å². The summed E-state index contributed by atoms with van der Waals surface area (Å²) in [7, 11) is 0. The average molecular weight is 384 g/mol. The summed E-state index contributed by atoms with van der Waals surface area (Å²) < 4.78 is 6.96. The highest BCUT2D eigenvalue weighted by atomic mass is 16.5. The lowest BCUT2D eigenvalue weighted by Crippen LogP contribution is -2.14. The number of carbonyl (C=O) groups is 1. The van der Waals surface area contributed by atoms with Crippen molar-refractivity contribution in [3.8, 4) is 11.3 Å². The first-order valence-corrected chi connectivity index (χ1v) is 9.10. The molecule has 2 aromatic carbocycles. The zero-order chi connectivity index (χ0) is 19.8. The van der Waals surface area contributed by atoms with Crippen LogP contribution in [-0.2, 0) is 11.2 Å². The molecule has 8 nitrogen and oxygen atoms in total. The van der Waals surface area contributed by atoms with E-state index in [0.29, 0.717) is 28.4 Å². The predicted octanol–water partition coefficient (Wildman–Crippen LogP) is 3.42. The third kappa shape index (κ3) is 3.20. The van der Waals surface area contributed by atoms with Gasteiger partial charge in [-0.3, -0.25) is 4.79 Å². The van der Waals surface area contributed by atoms with E-state index in [1.807, 2.05) is 67.6 Å². The number of anilines is 1. The Labute approximate surface area is 165 Å². The molecule has 0 bridgehead atoms. The minimum atomic E-state index is -0.167. The lowest BCUT2D eigenvalue weighted by atomic mass is 10.1. The zero-order valence-corrected chi connectivity index (χ0v) is 15.5. The van der Waals surface area contributed by atoms with Gasteiger partial charge in [-0.2, -0.15) is 9.61 Å². The Morgan fingerprint density at radius 1 is 1.07 bits per heavy atom. The Hall–Kier alpha value is -4.07. The minimum absolute atomic E-state index is 0.130. The lowest BCUT2D eigenvalue weighted by molar-refractivity contribution is -0.115. The highest BCUT2D eigenvalue weighted by Crippen LogP contribution is 2.22. The van der Waals surface area contributed by atoms with Crippen molar-refractivity contribution in [2.45, 2.75) is 13.3 Å². The number of hydrogen-bond donors (Lipinski definition) is 1. The number of hydrogen-bond acceptors (Lipinski definition) is 6. The predicted molar refractivity (Wildman–Crippen MR) is 107 cm³/mol. The van der Waals surface area contributed by atoms with Crippen molar-refractivity contribution in [2.24, 2.45) is 0 Å². The van der Waals surface area contributed by atoms with Gasteiger partial charge in [-0.1, -0.05) is 29.4 Å². The van der Waals surface area contributed by atoms with Crippen LogP contribution < -0.4 is 5.32 Å². The molecule has 142 valence electrons. The molecule has 5 aromatic rings. The maximum atomic E-state index is 12.5. The van der Waals surface area contributed by atoms with Crippen LogP contribution in [0.5, 0.6) is 0 Å². The molecule has 8 heteroatoms. The number of nitrogens with zero attached hydrogens (tertiary/aromatic N) is 5. The number of benzene rings is 2. The number of para-hydroxylation sites is 1. The summed E-state index contributed by atoms with van der Waals surface area (Å²) in [6.07, 6.45) is 0.130. The van der Waals surface area contributed by atoms with Crippen molar-refractivity contribution in [1.82, 2.24) is 25.0 Å². The minimum Gasteiger partial charge on any atom is -0.356 e. The van der Waals surface area contributed by atoms with E-state index in [9.17, 15) is 4.79 Å². The quantitative estimate of drug-likeness (QED) is 0.510. The molecule has 0 aliphatic heterocycles. The van der Waals surface area contributed by atoms with Crippen molar-refractivity contribution in [3.63, 3.8) is 0 Å². The molecule has 5 rings (SSSR count). The molecular formula is C21H16N6O2. The van der Waals surface area contributed by atoms with Gasteiger partial charge in [0.05, 0.1) is 12.1 Å². The molecule has 0 saturated carbocycles. The van der Waals surface area contributed by atoms with Gasteiger partial charge >= 0.3 is 0 Å². The smallest absolute Gasteiger partial charge is 0.230 e. The Morgan fingerprint density at radius 2 is 1.97 bits per heavy atom. The Balaban J connectivity index is 1.37. The topological polar surface area (TPSA) is 98.2 Å². The SMILES string of the molecule is Cc1nnc2ccc(-c3cccc(NC(=O)Cc4noc5ccccc45)c3)nn12. The Morgan fingerprint density at radius 3 is 2.90 bits per heavy atom. The normalized spacial score (nSPS) is 11.2. The maximum Gasteiger partial charge on any atom is 0.230 e. The van der Waals surface area contributed by atoms with E-state index in [2.05, 4.69) is 25.8 Å². The lowest BCUT2D eigenvalue weighted by Gasteiger charge is -2.07. The van der Waals surface area contributed by atoms with E-state index in [0.717, 1.165) is 16.6 Å². The van der Waals surface area contributed by atoms with Crippen LogP contribution in [0.1, 0.15) is 11.5 Å². The Kier molecular flexibility index (Phi) is 4.02. The van der Waals surface area contributed by atoms with Gasteiger partial charge in [0.2, 0.25) is 5.91 Å². The van der Waals surface area contributed by atoms with Crippen LogP contribution in [0, 0.1) is 6.92 Å². The van der Waals surface area contributed by atoms with Gasteiger partial charge in [-0.15, -0.1) is 10.2 Å². The molecule has 0 saturated heterocycles. The van der Waals surface area contributed by atoms with Crippen LogP contribution in [-0.4, -0.2) is 30.9 Å². The standard InChI is InChI=1S/C21H16N6O2/c1-13-23-24-20-10-9-17(25-27(13)20)14-5-4-6-15(11-14)22-21(28)12-18-16-7-2-3-8-19(16)29-26-18/h2-11H,12H2,1H3,(H,22,28). The first-order valence-electron chi connectivity index (χ1n) is 9.10. The van der Waals surface area contributed by atoms with E-state index >= 15 is 0 Å². The van der Waals surface area contributed by atoms with Crippen LogP contribution in [0.3, 0.4) is 0 Å². The third-order valence-electron chi connectivity index (χ3n) is 4.64. The zero-order valence-electron chi connectivity index (χ0n) is 15.5. The molecule has 0 unspecified atom stereocenters. The third-order valence-corrected chi connectivity index (χ3v) is 4.64. The highest BCUT2D eigenvalue weighted by Gasteiger charge is 2.13. The van der Waals surface area contributed by atoms with Gasteiger partial charge < -0.3 is 9.84 Å². The Bertz CT molecular complexity index is 1350. The molecule has 29 heavy (non-hydrogen) atoms. The van der Waals surface area contributed by atoms with Crippen LogP contribution in [0.2, 0.25) is 0 Å². The summed E-state index contributed by atoms with van der Waals surface area (Å²) in [4.78, 5) is 12.5. The van der Waals surface area contributed by atoms with Gasteiger partial charge in [0.1, 0.15) is 5.69 Å². The maximum absolute atomic E-state index is 12.5. The van der Waals surface area contributed by atoms with Crippen LogP contribution in [0.4, 0.5) is 5.69 Å². The summed E-state index contributed by atoms with van der Waals surface area (Å²) in [5.74, 6) is 0.547. The highest BCUT2D eigenvalue weighted by molar-refractivity contribution is 5.95. The van der Waals surface area contributed by atoms with Gasteiger partial charge in [-0.25, -0.2) is 0 Å². The number of rotatable bonds is 4. The van der Waals surface area contributed by atoms with E-state index in [-0.39, 0.29) is 12.3 Å². The number of fused-ring (bicyclic) bond motifs is 2. The van der Waals surface area contributed by atoms with Gasteiger partial charge in [0.15, 0.2) is 17.1 Å². The molecule has 0 radical (unpaired) electrons. The van der Waals surface area contributed by atoms with Crippen molar-refractivity contribution < 1.29 is 9.32 Å². The van der Waals surface area contributed by atoms with E-state index in [4.69, 9.17) is 4.52 Å². The molecule has 0 aliphatic rings. The fraction of sp³-hybridized carbons (Fsp3) is 0.0952. The molecule has 0 fully saturated rings. The summed E-state index contributed by atoms with van der Waals surface area (Å²) >= 11 is 0. The van der Waals surface area contributed by atoms with Gasteiger partial charge in [-0.05, 0) is 43.3 Å². The number of aryl methyl sites for hydroxylation is 1. The molecule has 1 N–H and O–H groups in total. The number of nitrogens with one attached hydrogen (secondary N) is 1. The summed E-state index contributed by atoms with van der Waals surface area (Å²) in [6, 6.07) is 18.8. The van der Waals surface area contributed by atoms with Crippen molar-refractivity contribution >= 4 is 28.2 Å². The molecule has 0 atom stereocenters. The van der Waals surface area contributed by atoms with Crippen LogP contribution in [0.15, 0.2) is 65.2 Å². The number of aromatic nitrogens is 5. The second-order valence-electron chi connectivity index (χ2n) is 6.67. The fourth-order valence-electron chi connectivity index (χ4n) is 3.23. The largest absolute Gasteiger partial charge is 0.356 e. The molecule has 0 spiro atoms. The first-order chi connectivity index (χ1) is 14.2. The summed E-state index contributed by atoms with van der Waals surface area (Å²) in [5, 5.41) is 20.4. The van der Waals surface area contributed by atoms with Crippen molar-refractivity contribution in [1.29, 1.82) is 0 Å². The molecule has 3 heterocycles. The summed E-state index contributed by atoms with van der Waals surface area (Å²) in [5.41, 5.74) is 4.30. The van der Waals surface area contributed by atoms with Crippen LogP contribution in [0.25, 0.3) is 27.9 Å². The second kappa shape index (κ2) is 6.83. The first kappa shape index (κ1) is 17.1. The number of carbonyl (C=O) groups excluding carboxylic acids is 1. The van der Waals surface area contributed by atoms with E-state index in [1.165, 1.54) is 0 Å². The van der Waals surface area contributed by atoms with Crippen molar-refractivity contribution in [3.05, 3.63) is 72.2 Å². The van der Waals surface area contributed by atoms with E-state index < -0.39 is 0 Å².